The van der Waals surface area contributed by atoms with E-state index in [1.165, 1.54) is 25.0 Å². The lowest BCUT2D eigenvalue weighted by Crippen LogP contribution is -2.16. The zero-order valence-electron chi connectivity index (χ0n) is 13.9. The van der Waals surface area contributed by atoms with Crippen LogP contribution in [0, 0.1) is 0 Å². The number of hydrogen-bond donors (Lipinski definition) is 1. The molecule has 1 N–H and O–H groups in total. The van der Waals surface area contributed by atoms with Crippen LogP contribution in [0.4, 0.5) is 0 Å². The zero-order chi connectivity index (χ0) is 18.1. The zero-order valence-corrected chi connectivity index (χ0v) is 13.9. The molecule has 2 heterocycles. The Balaban J connectivity index is 2.38. The Labute approximate surface area is 143 Å². The highest BCUT2D eigenvalue weighted by Gasteiger charge is 2.20. The number of nitrogens with zero attached hydrogens (tertiary/aromatic N) is 2. The summed E-state index contributed by atoms with van der Waals surface area (Å²) in [6, 6.07) is 4.98. The molecule has 25 heavy (non-hydrogen) atoms. The molecule has 7 heteroatoms. The first-order chi connectivity index (χ1) is 12.0. The van der Waals surface area contributed by atoms with Crippen molar-refractivity contribution in [2.75, 3.05) is 14.2 Å². The summed E-state index contributed by atoms with van der Waals surface area (Å²) in [5, 5.41) is 10.6. The summed E-state index contributed by atoms with van der Waals surface area (Å²) in [5.41, 5.74) is 1.20. The molecule has 0 unspecified atom stereocenters. The van der Waals surface area contributed by atoms with Gasteiger partial charge in [0.2, 0.25) is 0 Å². The largest absolute Gasteiger partial charge is 0.496 e. The van der Waals surface area contributed by atoms with Crippen molar-refractivity contribution < 1.29 is 19.4 Å². The predicted octanol–water partition coefficient (Wildman–Crippen LogP) is 2.32. The van der Waals surface area contributed by atoms with E-state index in [9.17, 15) is 14.7 Å². The summed E-state index contributed by atoms with van der Waals surface area (Å²) in [7, 11) is 4.44. The van der Waals surface area contributed by atoms with E-state index in [2.05, 4.69) is 4.98 Å². The molecule has 2 aromatic heterocycles. The third kappa shape index (κ3) is 2.69. The van der Waals surface area contributed by atoms with Crippen LogP contribution in [0.5, 0.6) is 11.5 Å². The second-order valence-electron chi connectivity index (χ2n) is 5.44. The van der Waals surface area contributed by atoms with Gasteiger partial charge < -0.3 is 19.1 Å². The molecule has 128 valence electrons. The number of ether oxygens (including phenoxy) is 2. The third-order valence-corrected chi connectivity index (χ3v) is 4.02. The quantitative estimate of drug-likeness (QED) is 0.784. The van der Waals surface area contributed by atoms with Gasteiger partial charge in [0.1, 0.15) is 17.1 Å². The number of carboxylic acids is 1. The maximum Gasteiger partial charge on any atom is 0.343 e. The van der Waals surface area contributed by atoms with Crippen molar-refractivity contribution in [2.45, 2.75) is 0 Å². The van der Waals surface area contributed by atoms with Crippen LogP contribution in [0.15, 0.2) is 41.6 Å². The van der Waals surface area contributed by atoms with Crippen LogP contribution in [0.2, 0.25) is 0 Å². The second kappa shape index (κ2) is 6.27. The molecule has 1 aromatic carbocycles. The molecule has 0 fully saturated rings. The van der Waals surface area contributed by atoms with Crippen LogP contribution >= 0.6 is 0 Å². The fraction of sp³-hybridized carbons (Fsp3) is 0.167. The smallest absolute Gasteiger partial charge is 0.343 e. The van der Waals surface area contributed by atoms with Crippen LogP contribution < -0.4 is 15.0 Å². The lowest BCUT2D eigenvalue weighted by molar-refractivity contribution is 0.0689. The summed E-state index contributed by atoms with van der Waals surface area (Å²) < 4.78 is 11.9. The molecule has 3 aromatic rings. The average molecular weight is 340 g/mol. The Morgan fingerprint density at radius 1 is 1.16 bits per heavy atom. The molecule has 3 rings (SSSR count). The summed E-state index contributed by atoms with van der Waals surface area (Å²) in [6.07, 6.45) is 4.81. The highest BCUT2D eigenvalue weighted by atomic mass is 16.5. The topological polar surface area (TPSA) is 90.7 Å². The number of carbonyl (C=O) groups is 1. The molecule has 0 saturated carbocycles. The summed E-state index contributed by atoms with van der Waals surface area (Å²) in [4.78, 5) is 27.8. The average Bonchev–Trinajstić information content (AvgIpc) is 2.63. The molecule has 0 radical (unpaired) electrons. The van der Waals surface area contributed by atoms with Gasteiger partial charge >= 0.3 is 5.97 Å². The molecular weight excluding hydrogens is 324 g/mol. The van der Waals surface area contributed by atoms with Crippen LogP contribution in [0.25, 0.3) is 21.9 Å². The Bertz CT molecular complexity index is 1010. The van der Waals surface area contributed by atoms with E-state index in [4.69, 9.17) is 9.47 Å². The molecule has 0 aliphatic heterocycles. The number of aromatic carboxylic acids is 1. The van der Waals surface area contributed by atoms with Crippen LogP contribution in [0.1, 0.15) is 10.4 Å². The van der Waals surface area contributed by atoms with Crippen molar-refractivity contribution in [3.05, 3.63) is 52.7 Å². The standard InChI is InChI=1S/C18H16N2O5/c1-20-9-13(11-4-5-19-8-12(11)17(20)21)10-6-14(24-2)16(18(22)23)15(7-10)25-3/h4-9H,1-3H3,(H,22,23). The highest BCUT2D eigenvalue weighted by molar-refractivity contribution is 5.99. The molecule has 0 spiro atoms. The minimum atomic E-state index is -1.14. The number of benzene rings is 1. The van der Waals surface area contributed by atoms with Gasteiger partial charge in [-0.25, -0.2) is 4.79 Å². The molecule has 0 aliphatic carbocycles. The van der Waals surface area contributed by atoms with Crippen LogP contribution in [-0.2, 0) is 7.05 Å². The third-order valence-electron chi connectivity index (χ3n) is 4.02. The Morgan fingerprint density at radius 2 is 1.80 bits per heavy atom. The van der Waals surface area contributed by atoms with Gasteiger partial charge in [-0.2, -0.15) is 0 Å². The van der Waals surface area contributed by atoms with Gasteiger partial charge in [0.25, 0.3) is 5.56 Å². The van der Waals surface area contributed by atoms with Gasteiger partial charge in [-0.05, 0) is 29.1 Å². The van der Waals surface area contributed by atoms with Gasteiger partial charge in [0.05, 0.1) is 19.6 Å². The first kappa shape index (κ1) is 16.5. The van der Waals surface area contributed by atoms with Crippen molar-refractivity contribution in [3.63, 3.8) is 0 Å². The lowest BCUT2D eigenvalue weighted by atomic mass is 9.99. The molecule has 7 nitrogen and oxygen atoms in total. The highest BCUT2D eigenvalue weighted by Crippen LogP contribution is 2.36. The number of pyridine rings is 2. The Kier molecular flexibility index (Phi) is 4.14. The summed E-state index contributed by atoms with van der Waals surface area (Å²) in [6.45, 7) is 0. The monoisotopic (exact) mass is 340 g/mol. The van der Waals surface area contributed by atoms with Gasteiger partial charge in [0, 0.05) is 31.2 Å². The SMILES string of the molecule is COc1cc(-c2cn(C)c(=O)c3cnccc23)cc(OC)c1C(=O)O. The first-order valence-corrected chi connectivity index (χ1v) is 7.41. The van der Waals surface area contributed by atoms with Gasteiger partial charge in [-0.1, -0.05) is 0 Å². The maximum atomic E-state index is 12.3. The number of fused-ring (bicyclic) bond motifs is 1. The number of rotatable bonds is 4. The van der Waals surface area contributed by atoms with Crippen LogP contribution in [0.3, 0.4) is 0 Å². The molecule has 0 atom stereocenters. The van der Waals surface area contributed by atoms with E-state index in [1.807, 2.05) is 0 Å². The molecule has 0 saturated heterocycles. The molecular formula is C18H16N2O5. The minimum absolute atomic E-state index is 0.0513. The second-order valence-corrected chi connectivity index (χ2v) is 5.44. The molecule has 0 aliphatic rings. The predicted molar refractivity (Wildman–Crippen MR) is 92.5 cm³/mol. The number of hydrogen-bond acceptors (Lipinski definition) is 5. The number of aryl methyl sites for hydroxylation is 1. The van der Waals surface area contributed by atoms with Crippen molar-refractivity contribution in [1.29, 1.82) is 0 Å². The maximum absolute atomic E-state index is 12.3. The number of carboxylic acid groups (broad SMARTS) is 1. The minimum Gasteiger partial charge on any atom is -0.496 e. The fourth-order valence-corrected chi connectivity index (χ4v) is 2.82. The van der Waals surface area contributed by atoms with E-state index in [-0.39, 0.29) is 22.6 Å². The van der Waals surface area contributed by atoms with Crippen molar-refractivity contribution >= 4 is 16.7 Å². The van der Waals surface area contributed by atoms with E-state index in [0.717, 1.165) is 5.56 Å². The van der Waals surface area contributed by atoms with Crippen molar-refractivity contribution in [1.82, 2.24) is 9.55 Å². The fourth-order valence-electron chi connectivity index (χ4n) is 2.82. The van der Waals surface area contributed by atoms with Crippen LogP contribution in [-0.4, -0.2) is 34.8 Å². The van der Waals surface area contributed by atoms with E-state index in [1.54, 1.807) is 37.6 Å². The number of methoxy groups -OCH3 is 2. The van der Waals surface area contributed by atoms with Crippen molar-refractivity contribution in [2.24, 2.45) is 7.05 Å². The molecule has 0 bridgehead atoms. The van der Waals surface area contributed by atoms with Crippen molar-refractivity contribution in [3.8, 4) is 22.6 Å². The molecule has 0 amide bonds. The summed E-state index contributed by atoms with van der Waals surface area (Å²) >= 11 is 0. The van der Waals surface area contributed by atoms with E-state index >= 15 is 0 Å². The van der Waals surface area contributed by atoms with E-state index in [0.29, 0.717) is 16.3 Å². The Hall–Kier alpha value is -3.35. The van der Waals surface area contributed by atoms with Gasteiger partial charge in [-0.15, -0.1) is 0 Å². The normalized spacial score (nSPS) is 10.7. The Morgan fingerprint density at radius 3 is 2.36 bits per heavy atom. The van der Waals surface area contributed by atoms with Gasteiger partial charge in [0.15, 0.2) is 0 Å². The van der Waals surface area contributed by atoms with Gasteiger partial charge in [-0.3, -0.25) is 9.78 Å². The number of aromatic nitrogens is 2. The van der Waals surface area contributed by atoms with E-state index < -0.39 is 5.97 Å². The lowest BCUT2D eigenvalue weighted by Gasteiger charge is -2.14. The first-order valence-electron chi connectivity index (χ1n) is 7.41. The summed E-state index contributed by atoms with van der Waals surface area (Å²) in [5.74, 6) is -0.786.